The van der Waals surface area contributed by atoms with Gasteiger partial charge in [0.15, 0.2) is 0 Å². The molecule has 0 spiro atoms. The summed E-state index contributed by atoms with van der Waals surface area (Å²) >= 11 is 0. The van der Waals surface area contributed by atoms with Gasteiger partial charge < -0.3 is 10.4 Å². The van der Waals surface area contributed by atoms with Crippen LogP contribution in [0.15, 0.2) is 53.6 Å². The summed E-state index contributed by atoms with van der Waals surface area (Å²) < 4.78 is 1.36. The van der Waals surface area contributed by atoms with E-state index in [-0.39, 0.29) is 12.2 Å². The van der Waals surface area contributed by atoms with Crippen LogP contribution in [-0.4, -0.2) is 20.4 Å². The average Bonchev–Trinajstić information content (AvgIpc) is 2.56. The van der Waals surface area contributed by atoms with Crippen LogP contribution < -0.4 is 10.9 Å². The summed E-state index contributed by atoms with van der Waals surface area (Å²) in [7, 11) is 0. The molecular weight excluding hydrogens is 294 g/mol. The normalized spacial score (nSPS) is 10.7. The van der Waals surface area contributed by atoms with Gasteiger partial charge in [0.1, 0.15) is 11.2 Å². The van der Waals surface area contributed by atoms with Crippen molar-refractivity contribution in [2.24, 2.45) is 0 Å². The fourth-order valence-corrected chi connectivity index (χ4v) is 2.35. The average molecular weight is 309 g/mol. The molecule has 23 heavy (non-hydrogen) atoms. The molecule has 2 aromatic heterocycles. The Labute approximate surface area is 132 Å². The number of nitrogens with one attached hydrogen (secondary N) is 1. The Morgan fingerprint density at radius 2 is 2.13 bits per heavy atom. The molecule has 6 heteroatoms. The van der Waals surface area contributed by atoms with Gasteiger partial charge in [-0.05, 0) is 36.2 Å². The lowest BCUT2D eigenvalue weighted by Crippen LogP contribution is -2.26. The molecule has 0 saturated heterocycles. The second kappa shape index (κ2) is 6.02. The predicted octanol–water partition coefficient (Wildman–Crippen LogP) is 1.75. The number of fused-ring (bicyclic) bond motifs is 1. The summed E-state index contributed by atoms with van der Waals surface area (Å²) in [4.78, 5) is 29.0. The molecule has 6 nitrogen and oxygen atoms in total. The number of rotatable bonds is 3. The molecule has 3 rings (SSSR count). The molecule has 116 valence electrons. The lowest BCUT2D eigenvalue weighted by molar-refractivity contribution is 0.102. The van der Waals surface area contributed by atoms with Crippen LogP contribution in [0.25, 0.3) is 5.65 Å². The van der Waals surface area contributed by atoms with Gasteiger partial charge in [0.05, 0.1) is 6.61 Å². The number of aryl methyl sites for hydroxylation is 1. The van der Waals surface area contributed by atoms with Crippen LogP contribution >= 0.6 is 0 Å². The molecule has 0 unspecified atom stereocenters. The first-order valence-electron chi connectivity index (χ1n) is 7.08. The van der Waals surface area contributed by atoms with E-state index in [4.69, 9.17) is 5.11 Å². The van der Waals surface area contributed by atoms with Crippen molar-refractivity contribution in [2.45, 2.75) is 13.5 Å². The van der Waals surface area contributed by atoms with E-state index in [0.29, 0.717) is 16.9 Å². The molecule has 0 aliphatic heterocycles. The van der Waals surface area contributed by atoms with Crippen molar-refractivity contribution in [2.75, 3.05) is 5.32 Å². The zero-order valence-corrected chi connectivity index (χ0v) is 12.5. The highest BCUT2D eigenvalue weighted by atomic mass is 16.3. The van der Waals surface area contributed by atoms with E-state index >= 15 is 0 Å². The lowest BCUT2D eigenvalue weighted by atomic mass is 10.2. The SMILES string of the molecule is Cc1cccn2c(=O)c(C(=O)Nc3cccc(CO)c3)cnc12. The molecule has 0 saturated carbocycles. The Morgan fingerprint density at radius 3 is 2.91 bits per heavy atom. The van der Waals surface area contributed by atoms with Crippen molar-refractivity contribution in [1.82, 2.24) is 9.38 Å². The number of anilines is 1. The summed E-state index contributed by atoms with van der Waals surface area (Å²) in [5.74, 6) is -0.534. The van der Waals surface area contributed by atoms with Gasteiger partial charge in [-0.1, -0.05) is 18.2 Å². The monoisotopic (exact) mass is 309 g/mol. The van der Waals surface area contributed by atoms with E-state index in [1.165, 1.54) is 10.6 Å². The topological polar surface area (TPSA) is 83.7 Å². The van der Waals surface area contributed by atoms with E-state index < -0.39 is 11.5 Å². The van der Waals surface area contributed by atoms with Gasteiger partial charge in [0, 0.05) is 18.1 Å². The fourth-order valence-electron chi connectivity index (χ4n) is 2.35. The summed E-state index contributed by atoms with van der Waals surface area (Å²) in [5, 5.41) is 11.8. The molecule has 2 heterocycles. The Hall–Kier alpha value is -2.99. The maximum atomic E-state index is 12.5. The standard InChI is InChI=1S/C17H15N3O3/c1-11-4-3-7-20-15(11)18-9-14(17(20)23)16(22)19-13-6-2-5-12(8-13)10-21/h2-9,21H,10H2,1H3,(H,19,22). The largest absolute Gasteiger partial charge is 0.392 e. The predicted molar refractivity (Wildman–Crippen MR) is 86.5 cm³/mol. The van der Waals surface area contributed by atoms with Gasteiger partial charge in [-0.25, -0.2) is 4.98 Å². The molecule has 0 aliphatic rings. The van der Waals surface area contributed by atoms with E-state index in [0.717, 1.165) is 5.56 Å². The third-order valence-electron chi connectivity index (χ3n) is 3.54. The highest BCUT2D eigenvalue weighted by Crippen LogP contribution is 2.12. The number of hydrogen-bond acceptors (Lipinski definition) is 4. The zero-order chi connectivity index (χ0) is 16.4. The molecule has 3 aromatic rings. The highest BCUT2D eigenvalue weighted by molar-refractivity contribution is 6.03. The first-order valence-corrected chi connectivity index (χ1v) is 7.08. The number of benzene rings is 1. The zero-order valence-electron chi connectivity index (χ0n) is 12.5. The van der Waals surface area contributed by atoms with Crippen LogP contribution in [0, 0.1) is 6.92 Å². The third kappa shape index (κ3) is 2.84. The molecular formula is C17H15N3O3. The molecule has 1 aromatic carbocycles. The van der Waals surface area contributed by atoms with Gasteiger partial charge in [-0.15, -0.1) is 0 Å². The quantitative estimate of drug-likeness (QED) is 0.772. The summed E-state index contributed by atoms with van der Waals surface area (Å²) in [6, 6.07) is 10.4. The summed E-state index contributed by atoms with van der Waals surface area (Å²) in [6.45, 7) is 1.73. The van der Waals surface area contributed by atoms with Crippen molar-refractivity contribution in [3.63, 3.8) is 0 Å². The van der Waals surface area contributed by atoms with E-state index in [1.54, 1.807) is 36.5 Å². The third-order valence-corrected chi connectivity index (χ3v) is 3.54. The van der Waals surface area contributed by atoms with Crippen molar-refractivity contribution < 1.29 is 9.90 Å². The molecule has 0 atom stereocenters. The van der Waals surface area contributed by atoms with Gasteiger partial charge in [0.2, 0.25) is 0 Å². The molecule has 1 amide bonds. The molecule has 0 bridgehead atoms. The number of aromatic nitrogens is 2. The number of nitrogens with zero attached hydrogens (tertiary/aromatic N) is 2. The van der Waals surface area contributed by atoms with Gasteiger partial charge >= 0.3 is 0 Å². The van der Waals surface area contributed by atoms with Crippen LogP contribution in [0.4, 0.5) is 5.69 Å². The maximum absolute atomic E-state index is 12.5. The number of amides is 1. The molecule has 0 fully saturated rings. The lowest BCUT2D eigenvalue weighted by Gasteiger charge is -2.08. The first-order chi connectivity index (χ1) is 11.1. The first kappa shape index (κ1) is 14.9. The van der Waals surface area contributed by atoms with Gasteiger partial charge in [-0.2, -0.15) is 0 Å². The number of aliphatic hydroxyl groups is 1. The second-order valence-electron chi connectivity index (χ2n) is 5.17. The number of aliphatic hydroxyl groups excluding tert-OH is 1. The van der Waals surface area contributed by atoms with E-state index in [1.807, 2.05) is 13.0 Å². The van der Waals surface area contributed by atoms with Crippen molar-refractivity contribution in [3.8, 4) is 0 Å². The Bertz CT molecular complexity index is 947. The smallest absolute Gasteiger partial charge is 0.270 e. The summed E-state index contributed by atoms with van der Waals surface area (Å²) in [5.41, 5.74) is 2.10. The summed E-state index contributed by atoms with van der Waals surface area (Å²) in [6.07, 6.45) is 2.87. The Balaban J connectivity index is 1.98. The van der Waals surface area contributed by atoms with Crippen LogP contribution in [0.5, 0.6) is 0 Å². The van der Waals surface area contributed by atoms with Gasteiger partial charge in [0.25, 0.3) is 11.5 Å². The number of carbonyl (C=O) groups is 1. The van der Waals surface area contributed by atoms with Crippen LogP contribution in [0.3, 0.4) is 0 Å². The number of pyridine rings is 1. The number of carbonyl (C=O) groups excluding carboxylic acids is 1. The Morgan fingerprint density at radius 1 is 1.30 bits per heavy atom. The maximum Gasteiger partial charge on any atom is 0.270 e. The highest BCUT2D eigenvalue weighted by Gasteiger charge is 2.14. The van der Waals surface area contributed by atoms with E-state index in [2.05, 4.69) is 10.3 Å². The Kier molecular flexibility index (Phi) is 3.91. The minimum atomic E-state index is -0.534. The van der Waals surface area contributed by atoms with Crippen LogP contribution in [0.2, 0.25) is 0 Å². The molecule has 2 N–H and O–H groups in total. The van der Waals surface area contributed by atoms with Crippen molar-refractivity contribution in [3.05, 3.63) is 75.8 Å². The van der Waals surface area contributed by atoms with Crippen molar-refractivity contribution >= 4 is 17.2 Å². The number of hydrogen-bond donors (Lipinski definition) is 2. The van der Waals surface area contributed by atoms with Crippen molar-refractivity contribution in [1.29, 1.82) is 0 Å². The fraction of sp³-hybridized carbons (Fsp3) is 0.118. The molecule has 0 aliphatic carbocycles. The molecule has 0 radical (unpaired) electrons. The van der Waals surface area contributed by atoms with Crippen LogP contribution in [0.1, 0.15) is 21.5 Å². The van der Waals surface area contributed by atoms with Crippen LogP contribution in [-0.2, 0) is 6.61 Å². The second-order valence-corrected chi connectivity index (χ2v) is 5.17. The minimum Gasteiger partial charge on any atom is -0.392 e. The van der Waals surface area contributed by atoms with Gasteiger partial charge in [-0.3, -0.25) is 14.0 Å². The minimum absolute atomic E-state index is 0.0394. The van der Waals surface area contributed by atoms with E-state index in [9.17, 15) is 9.59 Å².